The van der Waals surface area contributed by atoms with Gasteiger partial charge in [0.1, 0.15) is 0 Å². The van der Waals surface area contributed by atoms with Crippen LogP contribution in [0.3, 0.4) is 0 Å². The number of carbonyl (C=O) groups is 1. The van der Waals surface area contributed by atoms with Crippen molar-refractivity contribution in [3.63, 3.8) is 0 Å². The van der Waals surface area contributed by atoms with Gasteiger partial charge in [0.05, 0.1) is 17.3 Å². The lowest BCUT2D eigenvalue weighted by atomic mass is 10.1. The lowest BCUT2D eigenvalue weighted by Gasteiger charge is -2.14. The normalized spacial score (nSPS) is 12.2. The Hall–Kier alpha value is -2.10. The number of rotatable bonds is 5. The summed E-state index contributed by atoms with van der Waals surface area (Å²) >= 11 is 0. The van der Waals surface area contributed by atoms with E-state index in [2.05, 4.69) is 17.3 Å². The van der Waals surface area contributed by atoms with E-state index >= 15 is 0 Å². The fourth-order valence-electron chi connectivity index (χ4n) is 2.55. The van der Waals surface area contributed by atoms with Gasteiger partial charge in [0, 0.05) is 12.2 Å². The van der Waals surface area contributed by atoms with Gasteiger partial charge in [-0.05, 0) is 32.8 Å². The van der Waals surface area contributed by atoms with E-state index in [1.165, 1.54) is 0 Å². The zero-order valence-electron chi connectivity index (χ0n) is 13.2. The molecule has 2 aromatic rings. The number of amides is 1. The van der Waals surface area contributed by atoms with E-state index in [1.54, 1.807) is 0 Å². The molecule has 112 valence electrons. The number of hydrogen-bond acceptors (Lipinski definition) is 2. The molecule has 4 heteroatoms. The van der Waals surface area contributed by atoms with E-state index in [-0.39, 0.29) is 11.9 Å². The summed E-state index contributed by atoms with van der Waals surface area (Å²) in [6.07, 6.45) is 1.00. The second-order valence-corrected chi connectivity index (χ2v) is 5.37. The number of carbonyl (C=O) groups excluding carboxylic acids is 1. The molecule has 0 saturated carbocycles. The van der Waals surface area contributed by atoms with Crippen molar-refractivity contribution in [1.29, 1.82) is 0 Å². The molecule has 1 N–H and O–H groups in total. The summed E-state index contributed by atoms with van der Waals surface area (Å²) in [5.41, 5.74) is 3.53. The highest BCUT2D eigenvalue weighted by Gasteiger charge is 2.20. The average Bonchev–Trinajstić information content (AvgIpc) is 2.75. The van der Waals surface area contributed by atoms with Crippen LogP contribution in [-0.4, -0.2) is 15.7 Å². The Balaban J connectivity index is 2.17. The summed E-state index contributed by atoms with van der Waals surface area (Å²) < 4.78 is 1.91. The van der Waals surface area contributed by atoms with Gasteiger partial charge in [-0.1, -0.05) is 37.3 Å². The van der Waals surface area contributed by atoms with E-state index in [4.69, 9.17) is 0 Å². The van der Waals surface area contributed by atoms with Crippen LogP contribution in [0.25, 0.3) is 0 Å². The predicted molar refractivity (Wildman–Crippen MR) is 84.3 cm³/mol. The number of nitrogens with one attached hydrogen (secondary N) is 1. The second-order valence-electron chi connectivity index (χ2n) is 5.37. The van der Waals surface area contributed by atoms with Crippen LogP contribution < -0.4 is 5.32 Å². The van der Waals surface area contributed by atoms with E-state index < -0.39 is 0 Å². The lowest BCUT2D eigenvalue weighted by molar-refractivity contribution is 0.0938. The number of aryl methyl sites for hydroxylation is 2. The maximum absolute atomic E-state index is 12.5. The summed E-state index contributed by atoms with van der Waals surface area (Å²) in [5.74, 6) is -0.0521. The summed E-state index contributed by atoms with van der Waals surface area (Å²) in [6, 6.07) is 9.95. The topological polar surface area (TPSA) is 46.9 Å². The molecule has 0 bridgehead atoms. The van der Waals surface area contributed by atoms with Crippen LogP contribution in [0.5, 0.6) is 0 Å². The smallest absolute Gasteiger partial charge is 0.255 e. The Morgan fingerprint density at radius 2 is 1.95 bits per heavy atom. The standard InChI is InChI=1S/C17H23N3O/c1-5-11-20-14(4)16(13(3)19-20)17(21)18-12(2)15-9-7-6-8-10-15/h6-10,12H,5,11H2,1-4H3,(H,18,21). The van der Waals surface area contributed by atoms with Crippen LogP contribution in [0, 0.1) is 13.8 Å². The van der Waals surface area contributed by atoms with Gasteiger partial charge in [-0.15, -0.1) is 0 Å². The van der Waals surface area contributed by atoms with Crippen LogP contribution >= 0.6 is 0 Å². The molecule has 1 unspecified atom stereocenters. The first-order chi connectivity index (χ1) is 10.0. The maximum atomic E-state index is 12.5. The average molecular weight is 285 g/mol. The highest BCUT2D eigenvalue weighted by molar-refractivity contribution is 5.96. The molecule has 0 radical (unpaired) electrons. The van der Waals surface area contributed by atoms with Crippen molar-refractivity contribution >= 4 is 5.91 Å². The minimum Gasteiger partial charge on any atom is -0.345 e. The lowest BCUT2D eigenvalue weighted by Crippen LogP contribution is -2.27. The molecular weight excluding hydrogens is 262 g/mol. The van der Waals surface area contributed by atoms with E-state index in [0.29, 0.717) is 5.56 Å². The summed E-state index contributed by atoms with van der Waals surface area (Å²) in [7, 11) is 0. The minimum absolute atomic E-state index is 0.0213. The van der Waals surface area contributed by atoms with Gasteiger partial charge >= 0.3 is 0 Å². The van der Waals surface area contributed by atoms with Crippen molar-refractivity contribution in [1.82, 2.24) is 15.1 Å². The van der Waals surface area contributed by atoms with Crippen LogP contribution in [0.1, 0.15) is 53.6 Å². The van der Waals surface area contributed by atoms with Crippen molar-refractivity contribution in [2.24, 2.45) is 0 Å². The van der Waals surface area contributed by atoms with Crippen molar-refractivity contribution in [2.45, 2.75) is 46.7 Å². The van der Waals surface area contributed by atoms with Gasteiger partial charge < -0.3 is 5.32 Å². The van der Waals surface area contributed by atoms with Gasteiger partial charge in [-0.2, -0.15) is 5.10 Å². The Morgan fingerprint density at radius 1 is 1.29 bits per heavy atom. The first-order valence-electron chi connectivity index (χ1n) is 7.44. The molecule has 0 saturated heterocycles. The van der Waals surface area contributed by atoms with Crippen LogP contribution in [0.2, 0.25) is 0 Å². The molecule has 4 nitrogen and oxygen atoms in total. The molecule has 0 spiro atoms. The van der Waals surface area contributed by atoms with Crippen LogP contribution in [0.15, 0.2) is 30.3 Å². The molecule has 1 atom stereocenters. The third kappa shape index (κ3) is 3.32. The fourth-order valence-corrected chi connectivity index (χ4v) is 2.55. The molecule has 0 aliphatic heterocycles. The highest BCUT2D eigenvalue weighted by Crippen LogP contribution is 2.17. The van der Waals surface area contributed by atoms with E-state index in [1.807, 2.05) is 55.8 Å². The number of aromatic nitrogens is 2. The Bertz CT molecular complexity index is 616. The number of hydrogen-bond donors (Lipinski definition) is 1. The minimum atomic E-state index is -0.0521. The zero-order valence-corrected chi connectivity index (χ0v) is 13.2. The Labute approximate surface area is 126 Å². The van der Waals surface area contributed by atoms with Crippen LogP contribution in [-0.2, 0) is 6.54 Å². The fraction of sp³-hybridized carbons (Fsp3) is 0.412. The summed E-state index contributed by atoms with van der Waals surface area (Å²) in [4.78, 5) is 12.5. The van der Waals surface area contributed by atoms with Crippen molar-refractivity contribution < 1.29 is 4.79 Å². The summed E-state index contributed by atoms with van der Waals surface area (Å²) in [6.45, 7) is 8.79. The molecule has 0 fully saturated rings. The number of nitrogens with zero attached hydrogens (tertiary/aromatic N) is 2. The first kappa shape index (κ1) is 15.3. The predicted octanol–water partition coefficient (Wildman–Crippen LogP) is 3.40. The van der Waals surface area contributed by atoms with Gasteiger partial charge in [0.25, 0.3) is 5.91 Å². The van der Waals surface area contributed by atoms with Gasteiger partial charge in [0.15, 0.2) is 0 Å². The highest BCUT2D eigenvalue weighted by atomic mass is 16.1. The number of benzene rings is 1. The molecule has 1 aromatic heterocycles. The monoisotopic (exact) mass is 285 g/mol. The molecule has 1 amide bonds. The molecule has 1 aromatic carbocycles. The maximum Gasteiger partial charge on any atom is 0.255 e. The molecule has 2 rings (SSSR count). The van der Waals surface area contributed by atoms with Crippen molar-refractivity contribution in [2.75, 3.05) is 0 Å². The molecule has 1 heterocycles. The van der Waals surface area contributed by atoms with Crippen molar-refractivity contribution in [3.05, 3.63) is 52.8 Å². The quantitative estimate of drug-likeness (QED) is 0.915. The van der Waals surface area contributed by atoms with Gasteiger partial charge in [0.2, 0.25) is 0 Å². The molecule has 21 heavy (non-hydrogen) atoms. The Morgan fingerprint density at radius 3 is 2.57 bits per heavy atom. The van der Waals surface area contributed by atoms with E-state index in [9.17, 15) is 4.79 Å². The van der Waals surface area contributed by atoms with Gasteiger partial charge in [-0.25, -0.2) is 0 Å². The van der Waals surface area contributed by atoms with Crippen molar-refractivity contribution in [3.8, 4) is 0 Å². The zero-order chi connectivity index (χ0) is 15.4. The molecular formula is C17H23N3O. The first-order valence-corrected chi connectivity index (χ1v) is 7.44. The Kier molecular flexibility index (Phi) is 4.78. The largest absolute Gasteiger partial charge is 0.345 e. The van der Waals surface area contributed by atoms with E-state index in [0.717, 1.165) is 29.9 Å². The molecule has 0 aliphatic carbocycles. The second kappa shape index (κ2) is 6.57. The third-order valence-electron chi connectivity index (χ3n) is 3.69. The van der Waals surface area contributed by atoms with Crippen LogP contribution in [0.4, 0.5) is 0 Å². The molecule has 0 aliphatic rings. The van der Waals surface area contributed by atoms with Gasteiger partial charge in [-0.3, -0.25) is 9.48 Å². The summed E-state index contributed by atoms with van der Waals surface area (Å²) in [5, 5.41) is 7.51. The SMILES string of the molecule is CCCn1nc(C)c(C(=O)NC(C)c2ccccc2)c1C. The third-order valence-corrected chi connectivity index (χ3v) is 3.69.